The van der Waals surface area contributed by atoms with Crippen molar-refractivity contribution >= 4 is 38.3 Å². The third-order valence-electron chi connectivity index (χ3n) is 5.48. The number of hydrogen-bond acceptors (Lipinski definition) is 5. The minimum absolute atomic E-state index is 0.168. The van der Waals surface area contributed by atoms with Crippen LogP contribution in [0.5, 0.6) is 0 Å². The van der Waals surface area contributed by atoms with Gasteiger partial charge in [0.25, 0.3) is 11.5 Å². The van der Waals surface area contributed by atoms with Crippen molar-refractivity contribution in [2.75, 3.05) is 26.2 Å². The highest BCUT2D eigenvalue weighted by atomic mass is 35.5. The van der Waals surface area contributed by atoms with E-state index < -0.39 is 10.0 Å². The minimum Gasteiger partial charge on any atom is -0.335 e. The fourth-order valence-electron chi connectivity index (χ4n) is 3.79. The van der Waals surface area contributed by atoms with Crippen molar-refractivity contribution in [3.8, 4) is 0 Å². The summed E-state index contributed by atoms with van der Waals surface area (Å²) in [5.74, 6) is -0.311. The summed E-state index contributed by atoms with van der Waals surface area (Å²) in [6, 6.07) is 13.0. The molecule has 1 saturated heterocycles. The fraction of sp³-hybridized carbons (Fsp3) is 0.318. The first kappa shape index (κ1) is 22.4. The molecule has 0 atom stereocenters. The van der Waals surface area contributed by atoms with E-state index in [2.05, 4.69) is 5.10 Å². The molecule has 0 bridgehead atoms. The highest BCUT2D eigenvalue weighted by Crippen LogP contribution is 2.21. The number of aryl methyl sites for hydroxylation is 1. The lowest BCUT2D eigenvalue weighted by atomic mass is 10.1. The third kappa shape index (κ3) is 4.15. The van der Waals surface area contributed by atoms with Gasteiger partial charge in [0, 0.05) is 43.1 Å². The molecule has 0 unspecified atom stereocenters. The van der Waals surface area contributed by atoms with Crippen molar-refractivity contribution in [1.82, 2.24) is 19.0 Å². The number of halogens is 1. The van der Waals surface area contributed by atoms with Gasteiger partial charge in [0.1, 0.15) is 0 Å². The summed E-state index contributed by atoms with van der Waals surface area (Å²) in [5, 5.41) is 5.77. The molecular weight excluding hydrogens is 452 g/mol. The van der Waals surface area contributed by atoms with Gasteiger partial charge in [-0.3, -0.25) is 9.59 Å². The lowest BCUT2D eigenvalue weighted by molar-refractivity contribution is 0.0691. The maximum absolute atomic E-state index is 13.3. The predicted octanol–water partition coefficient (Wildman–Crippen LogP) is 2.61. The summed E-state index contributed by atoms with van der Waals surface area (Å²) >= 11 is 5.86. The zero-order chi connectivity index (χ0) is 22.9. The molecule has 1 fully saturated rings. The highest BCUT2D eigenvalue weighted by Gasteiger charge is 2.31. The first-order chi connectivity index (χ1) is 15.3. The Hall–Kier alpha value is -2.75. The van der Waals surface area contributed by atoms with Gasteiger partial charge in [-0.25, -0.2) is 13.1 Å². The number of carbonyl (C=O) groups excluding carboxylic acids is 1. The molecule has 0 aliphatic carbocycles. The molecule has 2 heterocycles. The zero-order valence-electron chi connectivity index (χ0n) is 17.6. The van der Waals surface area contributed by atoms with Crippen molar-refractivity contribution in [1.29, 1.82) is 0 Å². The van der Waals surface area contributed by atoms with Crippen LogP contribution in [0, 0.1) is 0 Å². The number of fused-ring (bicyclic) bond motifs is 1. The third-order valence-corrected chi connectivity index (χ3v) is 7.65. The summed E-state index contributed by atoms with van der Waals surface area (Å²) < 4.78 is 28.5. The van der Waals surface area contributed by atoms with E-state index in [1.165, 1.54) is 33.3 Å². The van der Waals surface area contributed by atoms with E-state index in [0.29, 0.717) is 28.8 Å². The Morgan fingerprint density at radius 1 is 1.00 bits per heavy atom. The molecule has 1 amide bonds. The van der Waals surface area contributed by atoms with Crippen molar-refractivity contribution in [2.45, 2.75) is 24.8 Å². The zero-order valence-corrected chi connectivity index (χ0v) is 19.1. The van der Waals surface area contributed by atoms with Crippen LogP contribution in [-0.4, -0.2) is 59.5 Å². The Morgan fingerprint density at radius 2 is 1.62 bits per heavy atom. The predicted molar refractivity (Wildman–Crippen MR) is 122 cm³/mol. The number of carbonyl (C=O) groups is 1. The number of amides is 1. The number of nitrogens with zero attached hydrogens (tertiary/aromatic N) is 4. The van der Waals surface area contributed by atoms with E-state index in [1.807, 2.05) is 6.92 Å². The maximum Gasteiger partial charge on any atom is 0.275 e. The average Bonchev–Trinajstić information content (AvgIpc) is 2.81. The molecule has 1 aromatic heterocycles. The molecule has 0 spiro atoms. The van der Waals surface area contributed by atoms with E-state index >= 15 is 0 Å². The molecule has 10 heteroatoms. The van der Waals surface area contributed by atoms with E-state index in [-0.39, 0.29) is 48.2 Å². The van der Waals surface area contributed by atoms with Gasteiger partial charge in [-0.05, 0) is 36.8 Å². The molecule has 168 valence electrons. The molecule has 1 aliphatic rings. The van der Waals surface area contributed by atoms with Gasteiger partial charge >= 0.3 is 0 Å². The summed E-state index contributed by atoms with van der Waals surface area (Å²) in [5.41, 5.74) is -0.0134. The number of rotatable bonds is 5. The van der Waals surface area contributed by atoms with Crippen molar-refractivity contribution in [3.05, 3.63) is 69.6 Å². The second-order valence-corrected chi connectivity index (χ2v) is 9.95. The Balaban J connectivity index is 1.58. The molecule has 0 N–H and O–H groups in total. The quantitative estimate of drug-likeness (QED) is 0.566. The second kappa shape index (κ2) is 9.01. The lowest BCUT2D eigenvalue weighted by Crippen LogP contribution is -2.50. The Morgan fingerprint density at radius 3 is 2.25 bits per heavy atom. The smallest absolute Gasteiger partial charge is 0.275 e. The Bertz CT molecular complexity index is 1310. The molecule has 0 saturated carbocycles. The monoisotopic (exact) mass is 474 g/mol. The Labute approximate surface area is 191 Å². The number of aromatic nitrogens is 2. The summed E-state index contributed by atoms with van der Waals surface area (Å²) in [7, 11) is -3.67. The van der Waals surface area contributed by atoms with E-state index in [4.69, 9.17) is 11.6 Å². The standard InChI is InChI=1S/C22H23ClN4O4S/c1-2-11-27-21(28)19-6-4-3-5-18(19)20(24-27)22(29)25-12-14-26(15-13-25)32(30,31)17-9-7-16(23)8-10-17/h3-10H,2,11-15H2,1H3. The van der Waals surface area contributed by atoms with Crippen LogP contribution in [0.3, 0.4) is 0 Å². The van der Waals surface area contributed by atoms with Crippen LogP contribution in [-0.2, 0) is 16.6 Å². The highest BCUT2D eigenvalue weighted by molar-refractivity contribution is 7.89. The maximum atomic E-state index is 13.3. The number of sulfonamides is 1. The van der Waals surface area contributed by atoms with Gasteiger partial charge in [0.05, 0.1) is 10.3 Å². The topological polar surface area (TPSA) is 92.6 Å². The molecule has 4 rings (SSSR count). The average molecular weight is 475 g/mol. The van der Waals surface area contributed by atoms with Crippen LogP contribution < -0.4 is 5.56 Å². The van der Waals surface area contributed by atoms with Crippen LogP contribution in [0.2, 0.25) is 5.02 Å². The minimum atomic E-state index is -3.67. The first-order valence-electron chi connectivity index (χ1n) is 10.4. The van der Waals surface area contributed by atoms with Crippen molar-refractivity contribution in [2.24, 2.45) is 0 Å². The number of benzene rings is 2. The number of hydrogen-bond donors (Lipinski definition) is 0. The van der Waals surface area contributed by atoms with Crippen LogP contribution in [0.15, 0.2) is 58.2 Å². The van der Waals surface area contributed by atoms with Crippen molar-refractivity contribution < 1.29 is 13.2 Å². The lowest BCUT2D eigenvalue weighted by Gasteiger charge is -2.34. The molecule has 8 nitrogen and oxygen atoms in total. The van der Waals surface area contributed by atoms with Crippen LogP contribution in [0.25, 0.3) is 10.8 Å². The molecule has 0 radical (unpaired) electrons. The van der Waals surface area contributed by atoms with Gasteiger partial charge in [0.15, 0.2) is 5.69 Å². The van der Waals surface area contributed by atoms with Crippen LogP contribution in [0.1, 0.15) is 23.8 Å². The molecule has 32 heavy (non-hydrogen) atoms. The van der Waals surface area contributed by atoms with E-state index in [0.717, 1.165) is 0 Å². The SMILES string of the molecule is CCCn1nc(C(=O)N2CCN(S(=O)(=O)c3ccc(Cl)cc3)CC2)c2ccccc2c1=O. The van der Waals surface area contributed by atoms with Gasteiger partial charge < -0.3 is 4.90 Å². The molecule has 1 aliphatic heterocycles. The first-order valence-corrected chi connectivity index (χ1v) is 12.2. The normalized spacial score (nSPS) is 15.2. The van der Waals surface area contributed by atoms with Crippen LogP contribution >= 0.6 is 11.6 Å². The Kier molecular flexibility index (Phi) is 6.32. The summed E-state index contributed by atoms with van der Waals surface area (Å²) in [6.45, 7) is 3.15. The van der Waals surface area contributed by atoms with E-state index in [9.17, 15) is 18.0 Å². The summed E-state index contributed by atoms with van der Waals surface area (Å²) in [4.78, 5) is 27.7. The van der Waals surface area contributed by atoms with Gasteiger partial charge in [-0.15, -0.1) is 0 Å². The van der Waals surface area contributed by atoms with Gasteiger partial charge in [-0.2, -0.15) is 9.40 Å². The fourth-order valence-corrected chi connectivity index (χ4v) is 5.34. The molecule has 2 aromatic carbocycles. The van der Waals surface area contributed by atoms with Gasteiger partial charge in [0.2, 0.25) is 10.0 Å². The largest absolute Gasteiger partial charge is 0.335 e. The van der Waals surface area contributed by atoms with Gasteiger partial charge in [-0.1, -0.05) is 36.7 Å². The number of piperazine rings is 1. The summed E-state index contributed by atoms with van der Waals surface area (Å²) in [6.07, 6.45) is 0.708. The second-order valence-electron chi connectivity index (χ2n) is 7.57. The van der Waals surface area contributed by atoms with Crippen molar-refractivity contribution in [3.63, 3.8) is 0 Å². The molecular formula is C22H23ClN4O4S. The van der Waals surface area contributed by atoms with E-state index in [1.54, 1.807) is 29.2 Å². The van der Waals surface area contributed by atoms with Crippen LogP contribution in [0.4, 0.5) is 0 Å². The molecule has 3 aromatic rings.